The second kappa shape index (κ2) is 52.0. The molecule has 0 aliphatic carbocycles. The number of ether oxygens (including phenoxy) is 3. The van der Waals surface area contributed by atoms with Gasteiger partial charge >= 0.3 is 17.9 Å². The van der Waals surface area contributed by atoms with Crippen molar-refractivity contribution < 1.29 is 28.6 Å². The van der Waals surface area contributed by atoms with Gasteiger partial charge in [0, 0.05) is 19.3 Å². The summed E-state index contributed by atoms with van der Waals surface area (Å²) in [6, 6.07) is 0. The molecule has 0 aliphatic heterocycles. The van der Waals surface area contributed by atoms with Crippen LogP contribution >= 0.6 is 0 Å². The summed E-state index contributed by atoms with van der Waals surface area (Å²) < 4.78 is 16.8. The fourth-order valence-corrected chi connectivity index (χ4v) is 7.79. The summed E-state index contributed by atoms with van der Waals surface area (Å²) >= 11 is 0. The minimum absolute atomic E-state index is 0.0837. The number of esters is 3. The summed E-state index contributed by atoms with van der Waals surface area (Å²) in [6.07, 6.45) is 62.5. The van der Waals surface area contributed by atoms with Crippen LogP contribution in [0.15, 0.2) is 48.6 Å². The lowest BCUT2D eigenvalue weighted by molar-refractivity contribution is -0.167. The van der Waals surface area contributed by atoms with Crippen molar-refractivity contribution in [1.82, 2.24) is 0 Å². The van der Waals surface area contributed by atoms with E-state index in [9.17, 15) is 14.4 Å². The molecule has 0 aromatic carbocycles. The Bertz CT molecular complexity index is 1110. The fraction of sp³-hybridized carbons (Fsp3) is 0.807. The molecular weight excluding hydrogens is 781 g/mol. The van der Waals surface area contributed by atoms with Gasteiger partial charge < -0.3 is 14.2 Å². The third-order valence-corrected chi connectivity index (χ3v) is 11.9. The zero-order chi connectivity index (χ0) is 45.8. The van der Waals surface area contributed by atoms with E-state index in [1.54, 1.807) is 0 Å². The molecule has 6 heteroatoms. The molecule has 0 N–H and O–H groups in total. The molecule has 0 radical (unpaired) electrons. The van der Waals surface area contributed by atoms with Gasteiger partial charge in [0.25, 0.3) is 0 Å². The molecule has 0 heterocycles. The molecule has 0 aromatic rings. The highest BCUT2D eigenvalue weighted by Crippen LogP contribution is 2.16. The van der Waals surface area contributed by atoms with E-state index in [1.807, 2.05) is 0 Å². The molecule has 0 amide bonds. The first kappa shape index (κ1) is 60.4. The Morgan fingerprint density at radius 1 is 0.333 bits per heavy atom. The predicted octanol–water partition coefficient (Wildman–Crippen LogP) is 17.9. The Kier molecular flexibility index (Phi) is 49.8. The zero-order valence-electron chi connectivity index (χ0n) is 41.8. The Balaban J connectivity index is 4.33. The van der Waals surface area contributed by atoms with Crippen LogP contribution < -0.4 is 0 Å². The molecule has 0 bridgehead atoms. The van der Waals surface area contributed by atoms with Crippen LogP contribution in [0.5, 0.6) is 0 Å². The minimum Gasteiger partial charge on any atom is -0.462 e. The summed E-state index contributed by atoms with van der Waals surface area (Å²) in [4.78, 5) is 38.0. The van der Waals surface area contributed by atoms with Crippen molar-refractivity contribution in [3.8, 4) is 0 Å². The topological polar surface area (TPSA) is 78.9 Å². The largest absolute Gasteiger partial charge is 0.462 e. The van der Waals surface area contributed by atoms with Crippen LogP contribution in [0.4, 0.5) is 0 Å². The number of hydrogen-bond acceptors (Lipinski definition) is 6. The van der Waals surface area contributed by atoms with E-state index in [-0.39, 0.29) is 31.1 Å². The number of hydrogen-bond donors (Lipinski definition) is 0. The van der Waals surface area contributed by atoms with Crippen molar-refractivity contribution >= 4 is 17.9 Å². The van der Waals surface area contributed by atoms with Crippen LogP contribution in [-0.2, 0) is 28.6 Å². The van der Waals surface area contributed by atoms with Gasteiger partial charge in [0.15, 0.2) is 6.10 Å². The second-order valence-electron chi connectivity index (χ2n) is 18.2. The molecule has 0 aliphatic rings. The van der Waals surface area contributed by atoms with Gasteiger partial charge in [-0.1, -0.05) is 243 Å². The lowest BCUT2D eigenvalue weighted by Gasteiger charge is -2.18. The summed E-state index contributed by atoms with van der Waals surface area (Å²) in [5.74, 6) is -0.911. The highest BCUT2D eigenvalue weighted by Gasteiger charge is 2.19. The first-order valence-corrected chi connectivity index (χ1v) is 27.2. The van der Waals surface area contributed by atoms with Crippen molar-refractivity contribution in [1.29, 1.82) is 0 Å². The Morgan fingerprint density at radius 3 is 1.02 bits per heavy atom. The van der Waals surface area contributed by atoms with Crippen LogP contribution in [0.2, 0.25) is 0 Å². The summed E-state index contributed by atoms with van der Waals surface area (Å²) in [6.45, 7) is 6.49. The van der Waals surface area contributed by atoms with Gasteiger partial charge in [0.05, 0.1) is 0 Å². The number of unbranched alkanes of at least 4 members (excludes halogenated alkanes) is 32. The predicted molar refractivity (Wildman–Crippen MR) is 270 cm³/mol. The van der Waals surface area contributed by atoms with Crippen molar-refractivity contribution in [3.05, 3.63) is 48.6 Å². The zero-order valence-corrected chi connectivity index (χ0v) is 41.8. The van der Waals surface area contributed by atoms with Crippen LogP contribution in [0.1, 0.15) is 278 Å². The van der Waals surface area contributed by atoms with Gasteiger partial charge in [-0.2, -0.15) is 0 Å². The molecule has 0 saturated carbocycles. The highest BCUT2D eigenvalue weighted by molar-refractivity contribution is 5.71. The van der Waals surface area contributed by atoms with Crippen molar-refractivity contribution in [3.63, 3.8) is 0 Å². The SMILES string of the molecule is CC\C=C/C=C\C=C/CCCCCCCC(=O)OC(COC(=O)CCCCC/C=C\CCCCCCCC)COC(=O)CCCCCCCCCCCCCCCCCCCCC. The van der Waals surface area contributed by atoms with E-state index in [2.05, 4.69) is 69.4 Å². The minimum atomic E-state index is -0.786. The molecule has 0 spiro atoms. The van der Waals surface area contributed by atoms with E-state index < -0.39 is 6.10 Å². The van der Waals surface area contributed by atoms with Crippen molar-refractivity contribution in [2.75, 3.05) is 13.2 Å². The van der Waals surface area contributed by atoms with Gasteiger partial charge in [-0.15, -0.1) is 0 Å². The van der Waals surface area contributed by atoms with E-state index in [1.165, 1.54) is 141 Å². The smallest absolute Gasteiger partial charge is 0.306 e. The fourth-order valence-electron chi connectivity index (χ4n) is 7.79. The molecule has 0 fully saturated rings. The van der Waals surface area contributed by atoms with Crippen LogP contribution in [-0.4, -0.2) is 37.2 Å². The maximum atomic E-state index is 12.8. The van der Waals surface area contributed by atoms with Crippen LogP contribution in [0.3, 0.4) is 0 Å². The van der Waals surface area contributed by atoms with Gasteiger partial charge in [0.2, 0.25) is 0 Å². The highest BCUT2D eigenvalue weighted by atomic mass is 16.6. The third-order valence-electron chi connectivity index (χ3n) is 11.9. The lowest BCUT2D eigenvalue weighted by atomic mass is 10.0. The molecule has 6 nitrogen and oxygen atoms in total. The van der Waals surface area contributed by atoms with Crippen molar-refractivity contribution in [2.45, 2.75) is 284 Å². The average molecular weight is 883 g/mol. The normalized spacial score (nSPS) is 12.4. The number of carbonyl (C=O) groups is 3. The monoisotopic (exact) mass is 883 g/mol. The number of allylic oxidation sites excluding steroid dienone is 8. The molecule has 0 aromatic heterocycles. The van der Waals surface area contributed by atoms with Crippen molar-refractivity contribution in [2.24, 2.45) is 0 Å². The molecule has 0 rings (SSSR count). The molecular formula is C57H102O6. The number of carbonyl (C=O) groups excluding carboxylic acids is 3. The molecule has 366 valence electrons. The maximum Gasteiger partial charge on any atom is 0.306 e. The Labute approximate surface area is 390 Å². The van der Waals surface area contributed by atoms with E-state index in [0.717, 1.165) is 96.3 Å². The van der Waals surface area contributed by atoms with Gasteiger partial charge in [0.1, 0.15) is 13.2 Å². The van der Waals surface area contributed by atoms with E-state index in [4.69, 9.17) is 14.2 Å². The van der Waals surface area contributed by atoms with E-state index in [0.29, 0.717) is 19.3 Å². The molecule has 1 atom stereocenters. The Morgan fingerprint density at radius 2 is 0.635 bits per heavy atom. The second-order valence-corrected chi connectivity index (χ2v) is 18.2. The van der Waals surface area contributed by atoms with Gasteiger partial charge in [-0.3, -0.25) is 14.4 Å². The van der Waals surface area contributed by atoms with Gasteiger partial charge in [-0.05, 0) is 64.2 Å². The molecule has 0 saturated heterocycles. The van der Waals surface area contributed by atoms with Gasteiger partial charge in [-0.25, -0.2) is 0 Å². The quantitative estimate of drug-likeness (QED) is 0.0199. The summed E-state index contributed by atoms with van der Waals surface area (Å²) in [5, 5.41) is 0. The lowest BCUT2D eigenvalue weighted by Crippen LogP contribution is -2.30. The number of rotatable bonds is 49. The average Bonchev–Trinajstić information content (AvgIpc) is 3.28. The standard InChI is InChI=1S/C57H102O6/c1-4-7-10-13-16-19-22-25-26-27-28-29-30-33-35-38-41-44-47-50-56(59)62-53-54(63-57(60)51-48-45-42-39-36-32-24-21-18-15-12-9-6-3)52-61-55(58)49-46-43-40-37-34-31-23-20-17-14-11-8-5-2/h9,12,15,18,21,24,31,34,54H,4-8,10-11,13-14,16-17,19-20,22-23,25-30,32-33,35-53H2,1-3H3/b12-9-,18-15-,24-21-,34-31-. The van der Waals surface area contributed by atoms with Crippen LogP contribution in [0, 0.1) is 0 Å². The third kappa shape index (κ3) is 50.2. The Hall–Kier alpha value is -2.63. The van der Waals surface area contributed by atoms with Crippen LogP contribution in [0.25, 0.3) is 0 Å². The summed E-state index contributed by atoms with van der Waals surface area (Å²) in [7, 11) is 0. The van der Waals surface area contributed by atoms with E-state index >= 15 is 0 Å². The molecule has 1 unspecified atom stereocenters. The summed E-state index contributed by atoms with van der Waals surface area (Å²) in [5.41, 5.74) is 0. The molecule has 63 heavy (non-hydrogen) atoms. The first-order valence-electron chi connectivity index (χ1n) is 27.2. The maximum absolute atomic E-state index is 12.8. The first-order chi connectivity index (χ1) is 31.0.